The lowest BCUT2D eigenvalue weighted by Crippen LogP contribution is -2.47. The fourth-order valence-corrected chi connectivity index (χ4v) is 2.75. The topological polar surface area (TPSA) is 71.1 Å². The minimum absolute atomic E-state index is 0.0366. The maximum atomic E-state index is 12.4. The molecule has 0 aliphatic rings. The van der Waals surface area contributed by atoms with E-state index in [1.807, 2.05) is 45.2 Å². The van der Waals surface area contributed by atoms with Crippen molar-refractivity contribution in [3.05, 3.63) is 46.5 Å². The molecule has 0 bridgehead atoms. The van der Waals surface area contributed by atoms with Crippen molar-refractivity contribution in [3.63, 3.8) is 0 Å². The van der Waals surface area contributed by atoms with Gasteiger partial charge in [-0.15, -0.1) is 11.3 Å². The zero-order valence-corrected chi connectivity index (χ0v) is 14.5. The lowest BCUT2D eigenvalue weighted by atomic mass is 10.0. The summed E-state index contributed by atoms with van der Waals surface area (Å²) in [6, 6.07) is 6.64. The van der Waals surface area contributed by atoms with Gasteiger partial charge in [-0.05, 0) is 31.9 Å². The summed E-state index contributed by atoms with van der Waals surface area (Å²) in [5.41, 5.74) is 2.48. The Morgan fingerprint density at radius 1 is 1.13 bits per heavy atom. The fraction of sp³-hybridized carbons (Fsp3) is 0.353. The molecule has 0 radical (unpaired) electrons. The molecule has 2 rings (SSSR count). The average Bonchev–Trinajstić information content (AvgIpc) is 2.89. The summed E-state index contributed by atoms with van der Waals surface area (Å²) >= 11 is 1.37. The number of anilines is 1. The Morgan fingerprint density at radius 2 is 1.78 bits per heavy atom. The largest absolute Gasteiger partial charge is 0.340 e. The summed E-state index contributed by atoms with van der Waals surface area (Å²) in [4.78, 5) is 29.0. The number of aryl methyl sites for hydroxylation is 2. The van der Waals surface area contributed by atoms with Crippen LogP contribution in [0.3, 0.4) is 0 Å². The molecule has 0 spiro atoms. The number of hydrogen-bond acceptors (Lipinski definition) is 4. The average molecular weight is 331 g/mol. The highest BCUT2D eigenvalue weighted by Crippen LogP contribution is 2.16. The summed E-state index contributed by atoms with van der Waals surface area (Å²) in [6.45, 7) is 7.62. The summed E-state index contributed by atoms with van der Waals surface area (Å²) in [5, 5.41) is 7.98. The number of benzene rings is 1. The van der Waals surface area contributed by atoms with Crippen LogP contribution in [0.4, 0.5) is 5.13 Å². The van der Waals surface area contributed by atoms with Gasteiger partial charge in [0.25, 0.3) is 5.91 Å². The third-order valence-electron chi connectivity index (χ3n) is 3.40. The molecule has 0 saturated carbocycles. The number of nitrogens with one attached hydrogen (secondary N) is 2. The molecule has 0 aliphatic carbocycles. The Labute approximate surface area is 140 Å². The lowest BCUT2D eigenvalue weighted by molar-refractivity contribution is -0.118. The number of nitrogens with zero attached hydrogens (tertiary/aromatic N) is 1. The SMILES string of the molecule is Cc1ccc(C(=O)NC(C(=O)Nc2nc(C)cs2)C(C)C)cc1. The van der Waals surface area contributed by atoms with E-state index in [1.165, 1.54) is 11.3 Å². The molecule has 1 unspecified atom stereocenters. The molecule has 1 heterocycles. The van der Waals surface area contributed by atoms with E-state index in [0.717, 1.165) is 11.3 Å². The summed E-state index contributed by atoms with van der Waals surface area (Å²) in [5.74, 6) is -0.547. The van der Waals surface area contributed by atoms with Gasteiger partial charge in [0.2, 0.25) is 5.91 Å². The van der Waals surface area contributed by atoms with Crippen LogP contribution in [0.2, 0.25) is 0 Å². The highest BCUT2D eigenvalue weighted by atomic mass is 32.1. The lowest BCUT2D eigenvalue weighted by Gasteiger charge is -2.21. The van der Waals surface area contributed by atoms with Gasteiger partial charge in [0.15, 0.2) is 5.13 Å². The molecule has 6 heteroatoms. The van der Waals surface area contributed by atoms with E-state index >= 15 is 0 Å². The zero-order chi connectivity index (χ0) is 17.0. The number of rotatable bonds is 5. The molecule has 0 fully saturated rings. The van der Waals surface area contributed by atoms with Crippen molar-refractivity contribution in [2.24, 2.45) is 5.92 Å². The van der Waals surface area contributed by atoms with Crippen LogP contribution in [0.25, 0.3) is 0 Å². The third kappa shape index (κ3) is 4.63. The minimum Gasteiger partial charge on any atom is -0.340 e. The molecular formula is C17H21N3O2S. The maximum absolute atomic E-state index is 12.4. The monoisotopic (exact) mass is 331 g/mol. The third-order valence-corrected chi connectivity index (χ3v) is 4.27. The van der Waals surface area contributed by atoms with E-state index in [4.69, 9.17) is 0 Å². The Balaban J connectivity index is 2.07. The molecule has 0 saturated heterocycles. The van der Waals surface area contributed by atoms with Crippen molar-refractivity contribution in [2.75, 3.05) is 5.32 Å². The van der Waals surface area contributed by atoms with Gasteiger partial charge in [-0.3, -0.25) is 9.59 Å². The van der Waals surface area contributed by atoms with Gasteiger partial charge in [0.1, 0.15) is 6.04 Å². The van der Waals surface area contributed by atoms with E-state index < -0.39 is 6.04 Å². The molecule has 1 aromatic carbocycles. The zero-order valence-electron chi connectivity index (χ0n) is 13.7. The first-order valence-electron chi connectivity index (χ1n) is 7.47. The van der Waals surface area contributed by atoms with Crippen LogP contribution >= 0.6 is 11.3 Å². The smallest absolute Gasteiger partial charge is 0.251 e. The summed E-state index contributed by atoms with van der Waals surface area (Å²) < 4.78 is 0. The van der Waals surface area contributed by atoms with Crippen LogP contribution in [-0.2, 0) is 4.79 Å². The van der Waals surface area contributed by atoms with E-state index in [0.29, 0.717) is 10.7 Å². The molecule has 122 valence electrons. The Kier molecular flexibility index (Phi) is 5.50. The van der Waals surface area contributed by atoms with Gasteiger partial charge in [-0.2, -0.15) is 0 Å². The van der Waals surface area contributed by atoms with Crippen molar-refractivity contribution in [1.82, 2.24) is 10.3 Å². The number of aromatic nitrogens is 1. The van der Waals surface area contributed by atoms with Crippen molar-refractivity contribution >= 4 is 28.3 Å². The van der Waals surface area contributed by atoms with Crippen molar-refractivity contribution in [2.45, 2.75) is 33.7 Å². The molecule has 5 nitrogen and oxygen atoms in total. The van der Waals surface area contributed by atoms with E-state index in [2.05, 4.69) is 15.6 Å². The Hall–Kier alpha value is -2.21. The van der Waals surface area contributed by atoms with Crippen molar-refractivity contribution in [3.8, 4) is 0 Å². The second kappa shape index (κ2) is 7.37. The molecule has 2 amide bonds. The van der Waals surface area contributed by atoms with Crippen LogP contribution in [0.1, 0.15) is 35.5 Å². The number of thiazole rings is 1. The Morgan fingerprint density at radius 3 is 2.30 bits per heavy atom. The highest BCUT2D eigenvalue weighted by molar-refractivity contribution is 7.13. The second-order valence-electron chi connectivity index (χ2n) is 5.84. The second-order valence-corrected chi connectivity index (χ2v) is 6.70. The number of hydrogen-bond donors (Lipinski definition) is 2. The molecular weight excluding hydrogens is 310 g/mol. The van der Waals surface area contributed by atoms with Crippen LogP contribution in [0.5, 0.6) is 0 Å². The maximum Gasteiger partial charge on any atom is 0.251 e. The van der Waals surface area contributed by atoms with Crippen molar-refractivity contribution in [1.29, 1.82) is 0 Å². The molecule has 2 aromatic rings. The number of carbonyl (C=O) groups excluding carboxylic acids is 2. The summed E-state index contributed by atoms with van der Waals surface area (Å²) in [7, 11) is 0. The summed E-state index contributed by atoms with van der Waals surface area (Å²) in [6.07, 6.45) is 0. The van der Waals surface area contributed by atoms with Gasteiger partial charge in [0.05, 0.1) is 5.69 Å². The molecule has 1 atom stereocenters. The van der Waals surface area contributed by atoms with E-state index in [9.17, 15) is 9.59 Å². The predicted octanol–water partition coefficient (Wildman–Crippen LogP) is 3.15. The van der Waals surface area contributed by atoms with Gasteiger partial charge in [-0.25, -0.2) is 4.98 Å². The van der Waals surface area contributed by atoms with Gasteiger partial charge < -0.3 is 10.6 Å². The fourth-order valence-electron chi connectivity index (χ4n) is 2.06. The highest BCUT2D eigenvalue weighted by Gasteiger charge is 2.25. The van der Waals surface area contributed by atoms with E-state index in [-0.39, 0.29) is 17.7 Å². The van der Waals surface area contributed by atoms with Crippen molar-refractivity contribution < 1.29 is 9.59 Å². The molecule has 0 aliphatic heterocycles. The van der Waals surface area contributed by atoms with Gasteiger partial charge >= 0.3 is 0 Å². The van der Waals surface area contributed by atoms with Crippen LogP contribution in [-0.4, -0.2) is 22.8 Å². The molecule has 1 aromatic heterocycles. The van der Waals surface area contributed by atoms with Crippen LogP contribution in [0.15, 0.2) is 29.6 Å². The standard InChI is InChI=1S/C17H21N3O2S/c1-10(2)14(16(22)20-17-18-12(4)9-23-17)19-15(21)13-7-5-11(3)6-8-13/h5-10,14H,1-4H3,(H,19,21)(H,18,20,22). The molecule has 2 N–H and O–H groups in total. The van der Waals surface area contributed by atoms with E-state index in [1.54, 1.807) is 12.1 Å². The first-order valence-corrected chi connectivity index (χ1v) is 8.35. The van der Waals surface area contributed by atoms with Crippen LogP contribution in [0, 0.1) is 19.8 Å². The Bertz CT molecular complexity index is 692. The number of carbonyl (C=O) groups is 2. The number of amides is 2. The predicted molar refractivity (Wildman–Crippen MR) is 92.8 cm³/mol. The normalized spacial score (nSPS) is 12.0. The first-order chi connectivity index (χ1) is 10.9. The first kappa shape index (κ1) is 17.1. The minimum atomic E-state index is -0.618. The van der Waals surface area contributed by atoms with Gasteiger partial charge in [0, 0.05) is 10.9 Å². The quantitative estimate of drug-likeness (QED) is 0.884. The van der Waals surface area contributed by atoms with Crippen LogP contribution < -0.4 is 10.6 Å². The molecule has 23 heavy (non-hydrogen) atoms. The van der Waals surface area contributed by atoms with Gasteiger partial charge in [-0.1, -0.05) is 31.5 Å².